The van der Waals surface area contributed by atoms with Crippen LogP contribution in [0.2, 0.25) is 0 Å². The maximum absolute atomic E-state index is 13.9. The van der Waals surface area contributed by atoms with E-state index >= 15 is 0 Å². The molecule has 1 aromatic heterocycles. The van der Waals surface area contributed by atoms with E-state index in [1.165, 1.54) is 18.4 Å². The van der Waals surface area contributed by atoms with Gasteiger partial charge in [-0.1, -0.05) is 12.1 Å². The van der Waals surface area contributed by atoms with Crippen LogP contribution in [0.15, 0.2) is 39.4 Å². The van der Waals surface area contributed by atoms with E-state index in [-0.39, 0.29) is 11.3 Å². The molecule has 2 N–H and O–H groups in total. The molecule has 2 rings (SSSR count). The van der Waals surface area contributed by atoms with Crippen LogP contribution in [-0.4, -0.2) is 0 Å². The molecule has 0 aliphatic rings. The van der Waals surface area contributed by atoms with E-state index in [4.69, 9.17) is 10.2 Å². The van der Waals surface area contributed by atoms with Gasteiger partial charge in [0.2, 0.25) is 0 Å². The van der Waals surface area contributed by atoms with Crippen LogP contribution in [0.1, 0.15) is 22.9 Å². The summed E-state index contributed by atoms with van der Waals surface area (Å²) in [5.41, 5.74) is 4.13. The molecule has 19 heavy (non-hydrogen) atoms. The fraction of sp³-hybridized carbons (Fsp3) is 0.167. The van der Waals surface area contributed by atoms with Crippen molar-refractivity contribution >= 4 is 15.9 Å². The number of rotatable bonds is 2. The first-order chi connectivity index (χ1) is 8.82. The Morgan fingerprint density at radius 1 is 1.21 bits per heavy atom. The zero-order chi connectivity index (χ0) is 14.2. The van der Waals surface area contributed by atoms with Gasteiger partial charge in [0.05, 0.1) is 22.3 Å². The second-order valence-corrected chi connectivity index (χ2v) is 4.67. The van der Waals surface area contributed by atoms with Crippen molar-refractivity contribution in [1.82, 2.24) is 0 Å². The molecule has 2 nitrogen and oxygen atoms in total. The summed E-state index contributed by atoms with van der Waals surface area (Å²) in [6.07, 6.45) is -3.45. The Kier molecular flexibility index (Phi) is 3.69. The summed E-state index contributed by atoms with van der Waals surface area (Å²) < 4.78 is 57.2. The van der Waals surface area contributed by atoms with Crippen LogP contribution < -0.4 is 5.73 Å². The molecule has 7 heteroatoms. The number of furan rings is 1. The van der Waals surface area contributed by atoms with Crippen molar-refractivity contribution in [3.05, 3.63) is 57.7 Å². The molecule has 0 saturated heterocycles. The zero-order valence-electron chi connectivity index (χ0n) is 9.34. The largest absolute Gasteiger partial charge is 0.466 e. The molecule has 0 amide bonds. The lowest BCUT2D eigenvalue weighted by Gasteiger charge is -2.15. The molecule has 0 spiro atoms. The average Bonchev–Trinajstić information content (AvgIpc) is 2.73. The van der Waals surface area contributed by atoms with Crippen LogP contribution in [0.3, 0.4) is 0 Å². The molecule has 1 atom stereocenters. The molecular weight excluding hydrogens is 330 g/mol. The van der Waals surface area contributed by atoms with Crippen LogP contribution in [0.5, 0.6) is 0 Å². The van der Waals surface area contributed by atoms with Gasteiger partial charge in [0.15, 0.2) is 0 Å². The fourth-order valence-corrected chi connectivity index (χ4v) is 2.13. The van der Waals surface area contributed by atoms with Gasteiger partial charge in [-0.05, 0) is 28.1 Å². The lowest BCUT2D eigenvalue weighted by molar-refractivity contribution is -0.140. The molecule has 0 aliphatic heterocycles. The fourth-order valence-electron chi connectivity index (χ4n) is 1.68. The van der Waals surface area contributed by atoms with Gasteiger partial charge in [-0.2, -0.15) is 13.2 Å². The third kappa shape index (κ3) is 2.66. The summed E-state index contributed by atoms with van der Waals surface area (Å²) in [6, 6.07) is 3.39. The van der Waals surface area contributed by atoms with Crippen LogP contribution in [0.4, 0.5) is 17.6 Å². The third-order valence-corrected chi connectivity index (χ3v) is 3.25. The number of nitrogens with two attached hydrogens (primary N) is 1. The first-order valence-corrected chi connectivity index (χ1v) is 5.95. The van der Waals surface area contributed by atoms with E-state index in [9.17, 15) is 17.6 Å². The SMILES string of the molecule is NC(c1cccc(C(F)(F)F)c1F)c1occc1Br. The number of hydrogen-bond acceptors (Lipinski definition) is 2. The minimum atomic E-state index is -4.76. The summed E-state index contributed by atoms with van der Waals surface area (Å²) >= 11 is 3.13. The Morgan fingerprint density at radius 2 is 1.89 bits per heavy atom. The molecular formula is C12H8BrF4NO. The normalized spacial score (nSPS) is 13.6. The molecule has 0 saturated carbocycles. The molecule has 0 aliphatic carbocycles. The van der Waals surface area contributed by atoms with E-state index in [1.807, 2.05) is 0 Å². The predicted molar refractivity (Wildman–Crippen MR) is 63.8 cm³/mol. The summed E-state index contributed by atoms with van der Waals surface area (Å²) in [6.45, 7) is 0. The Morgan fingerprint density at radius 3 is 2.42 bits per heavy atom. The minimum absolute atomic E-state index is 0.165. The van der Waals surface area contributed by atoms with Crippen molar-refractivity contribution in [1.29, 1.82) is 0 Å². The van der Waals surface area contributed by atoms with Crippen LogP contribution >= 0.6 is 15.9 Å². The lowest BCUT2D eigenvalue weighted by Crippen LogP contribution is -2.17. The Labute approximate surface area is 114 Å². The Hall–Kier alpha value is -1.34. The zero-order valence-corrected chi connectivity index (χ0v) is 10.9. The maximum Gasteiger partial charge on any atom is 0.419 e. The van der Waals surface area contributed by atoms with Crippen LogP contribution in [0, 0.1) is 5.82 Å². The molecule has 0 radical (unpaired) electrons. The number of hydrogen-bond donors (Lipinski definition) is 1. The third-order valence-electron chi connectivity index (χ3n) is 2.60. The first kappa shape index (κ1) is 14.1. The van der Waals surface area contributed by atoms with Gasteiger partial charge < -0.3 is 10.2 Å². The van der Waals surface area contributed by atoms with E-state index in [2.05, 4.69) is 15.9 Å². The Bertz CT molecular complexity index is 594. The maximum atomic E-state index is 13.9. The van der Waals surface area contributed by atoms with E-state index in [1.54, 1.807) is 0 Å². The summed E-state index contributed by atoms with van der Waals surface area (Å²) in [5, 5.41) is 0. The van der Waals surface area contributed by atoms with Gasteiger partial charge in [-0.15, -0.1) is 0 Å². The van der Waals surface area contributed by atoms with Crippen molar-refractivity contribution in [2.45, 2.75) is 12.2 Å². The quantitative estimate of drug-likeness (QED) is 0.832. The second kappa shape index (κ2) is 4.97. The highest BCUT2D eigenvalue weighted by Crippen LogP contribution is 2.36. The molecule has 0 bridgehead atoms. The van der Waals surface area contributed by atoms with Crippen molar-refractivity contribution < 1.29 is 22.0 Å². The average molecular weight is 338 g/mol. The standard InChI is InChI=1S/C12H8BrF4NO/c13-8-4-5-19-11(8)10(18)6-2-1-3-7(9(6)14)12(15,16)17/h1-5,10H,18H2. The molecule has 2 aromatic rings. The highest BCUT2D eigenvalue weighted by molar-refractivity contribution is 9.10. The second-order valence-electron chi connectivity index (χ2n) is 3.82. The highest BCUT2D eigenvalue weighted by atomic mass is 79.9. The van der Waals surface area contributed by atoms with Crippen molar-refractivity contribution in [3.8, 4) is 0 Å². The van der Waals surface area contributed by atoms with Gasteiger partial charge >= 0.3 is 6.18 Å². The van der Waals surface area contributed by atoms with Crippen molar-refractivity contribution in [2.75, 3.05) is 0 Å². The molecule has 102 valence electrons. The topological polar surface area (TPSA) is 39.2 Å². The van der Waals surface area contributed by atoms with E-state index in [0.717, 1.165) is 6.07 Å². The molecule has 1 heterocycles. The predicted octanol–water partition coefficient (Wildman–Crippen LogP) is 4.25. The number of alkyl halides is 3. The van der Waals surface area contributed by atoms with Crippen molar-refractivity contribution in [3.63, 3.8) is 0 Å². The van der Waals surface area contributed by atoms with Gasteiger partial charge in [0.1, 0.15) is 11.6 Å². The molecule has 1 unspecified atom stereocenters. The molecule has 0 fully saturated rings. The molecule has 1 aromatic carbocycles. The van der Waals surface area contributed by atoms with Crippen LogP contribution in [-0.2, 0) is 6.18 Å². The van der Waals surface area contributed by atoms with Gasteiger partial charge in [0.25, 0.3) is 0 Å². The summed E-state index contributed by atoms with van der Waals surface area (Å²) in [4.78, 5) is 0. The number of halogens is 5. The highest BCUT2D eigenvalue weighted by Gasteiger charge is 2.36. The monoisotopic (exact) mass is 337 g/mol. The Balaban J connectivity index is 2.50. The lowest BCUT2D eigenvalue weighted by atomic mass is 10.0. The van der Waals surface area contributed by atoms with E-state index in [0.29, 0.717) is 10.5 Å². The first-order valence-electron chi connectivity index (χ1n) is 5.16. The summed E-state index contributed by atoms with van der Waals surface area (Å²) in [5.74, 6) is -1.22. The van der Waals surface area contributed by atoms with E-state index < -0.39 is 23.6 Å². The smallest absolute Gasteiger partial charge is 0.419 e. The minimum Gasteiger partial charge on any atom is -0.466 e. The van der Waals surface area contributed by atoms with Gasteiger partial charge in [0, 0.05) is 5.56 Å². The summed E-state index contributed by atoms with van der Waals surface area (Å²) in [7, 11) is 0. The van der Waals surface area contributed by atoms with Crippen molar-refractivity contribution in [2.24, 2.45) is 5.73 Å². The van der Waals surface area contributed by atoms with Gasteiger partial charge in [-0.25, -0.2) is 4.39 Å². The van der Waals surface area contributed by atoms with Crippen LogP contribution in [0.25, 0.3) is 0 Å². The van der Waals surface area contributed by atoms with Gasteiger partial charge in [-0.3, -0.25) is 0 Å². The number of benzene rings is 1.